The Balaban J connectivity index is 1.44. The van der Waals surface area contributed by atoms with Crippen LogP contribution in [0.25, 0.3) is 0 Å². The monoisotopic (exact) mass is 482 g/mol. The van der Waals surface area contributed by atoms with E-state index in [9.17, 15) is 23.4 Å². The molecule has 0 bridgehead atoms. The van der Waals surface area contributed by atoms with Gasteiger partial charge in [-0.25, -0.2) is 0 Å². The Morgan fingerprint density at radius 3 is 2.76 bits per heavy atom. The van der Waals surface area contributed by atoms with Crippen LogP contribution in [0.2, 0.25) is 0 Å². The molecule has 1 saturated heterocycles. The molecule has 4 rings (SSSR count). The average Bonchev–Trinajstić information content (AvgIpc) is 3.12. The van der Waals surface area contributed by atoms with E-state index in [4.69, 9.17) is 0 Å². The molecule has 7 heteroatoms. The third kappa shape index (κ3) is 5.32. The highest BCUT2D eigenvalue weighted by molar-refractivity contribution is 5.38. The maximum absolute atomic E-state index is 13.2. The molecule has 0 aromatic heterocycles. The third-order valence-electron chi connectivity index (χ3n) is 9.19. The third-order valence-corrected chi connectivity index (χ3v) is 9.19. The molecule has 4 nitrogen and oxygen atoms in total. The number of aliphatic hydroxyl groups excluding tert-OH is 2. The second-order valence-corrected chi connectivity index (χ2v) is 11.4. The molecule has 1 aliphatic heterocycles. The molecule has 1 heterocycles. The smallest absolute Gasteiger partial charge is 0.393 e. The van der Waals surface area contributed by atoms with Gasteiger partial charge in [0.1, 0.15) is 6.04 Å². The maximum Gasteiger partial charge on any atom is 0.405 e. The van der Waals surface area contributed by atoms with Gasteiger partial charge in [0, 0.05) is 32.6 Å². The Kier molecular flexibility index (Phi) is 7.68. The summed E-state index contributed by atoms with van der Waals surface area (Å²) in [5.74, 6) is 1.34. The lowest BCUT2D eigenvalue weighted by atomic mass is 9.61. The average molecular weight is 483 g/mol. The van der Waals surface area contributed by atoms with Crippen LogP contribution in [0, 0.1) is 23.2 Å². The molecular weight excluding hydrogens is 441 g/mol. The first-order chi connectivity index (χ1) is 16.0. The number of hydrogen-bond acceptors (Lipinski definition) is 4. The zero-order valence-electron chi connectivity index (χ0n) is 20.6. The van der Waals surface area contributed by atoms with Crippen LogP contribution in [-0.4, -0.2) is 65.7 Å². The first-order valence-corrected chi connectivity index (χ1v) is 13.0. The van der Waals surface area contributed by atoms with Gasteiger partial charge in [-0.2, -0.15) is 13.2 Å². The molecule has 1 unspecified atom stereocenters. The first-order valence-electron chi connectivity index (χ1n) is 13.0. The number of alkyl halides is 3. The van der Waals surface area contributed by atoms with Crippen molar-refractivity contribution in [3.63, 3.8) is 0 Å². The zero-order chi connectivity index (χ0) is 24.7. The van der Waals surface area contributed by atoms with Crippen molar-refractivity contribution >= 4 is 0 Å². The molecular formula is C27H41F3N2O2. The van der Waals surface area contributed by atoms with Crippen LogP contribution in [0.5, 0.6) is 0 Å². The minimum Gasteiger partial charge on any atom is -0.393 e. The Hall–Kier alpha value is -1.15. The van der Waals surface area contributed by atoms with Crippen LogP contribution < -0.4 is 5.32 Å². The second-order valence-electron chi connectivity index (χ2n) is 11.4. The van der Waals surface area contributed by atoms with Crippen molar-refractivity contribution in [1.29, 1.82) is 0 Å². The highest BCUT2D eigenvalue weighted by Gasteiger charge is 2.51. The van der Waals surface area contributed by atoms with Crippen molar-refractivity contribution in [2.24, 2.45) is 23.2 Å². The van der Waals surface area contributed by atoms with E-state index < -0.39 is 24.4 Å². The molecule has 0 aromatic carbocycles. The van der Waals surface area contributed by atoms with Gasteiger partial charge >= 0.3 is 6.18 Å². The molecule has 7 atom stereocenters. The Morgan fingerprint density at radius 2 is 2.03 bits per heavy atom. The summed E-state index contributed by atoms with van der Waals surface area (Å²) < 4.78 is 39.7. The van der Waals surface area contributed by atoms with E-state index in [2.05, 4.69) is 37.9 Å². The lowest BCUT2D eigenvalue weighted by Gasteiger charge is -2.45. The van der Waals surface area contributed by atoms with Crippen LogP contribution in [0.1, 0.15) is 58.8 Å². The number of nitrogens with one attached hydrogen (secondary N) is 1. The Morgan fingerprint density at radius 1 is 1.26 bits per heavy atom. The molecule has 3 saturated carbocycles. The molecule has 4 aliphatic rings. The number of nitrogens with zero attached hydrogens (tertiary/aromatic N) is 1. The van der Waals surface area contributed by atoms with Crippen molar-refractivity contribution in [1.82, 2.24) is 10.2 Å². The lowest BCUT2D eigenvalue weighted by molar-refractivity contribution is -0.165. The van der Waals surface area contributed by atoms with Crippen molar-refractivity contribution in [3.8, 4) is 0 Å². The van der Waals surface area contributed by atoms with Crippen LogP contribution in [-0.2, 0) is 0 Å². The molecule has 3 N–H and O–H groups in total. The normalized spacial score (nSPS) is 41.1. The second kappa shape index (κ2) is 10.1. The minimum absolute atomic E-state index is 0.0427. The number of hydrogen-bond donors (Lipinski definition) is 3. The van der Waals surface area contributed by atoms with Gasteiger partial charge in [0.05, 0.1) is 12.2 Å². The predicted octanol–water partition coefficient (Wildman–Crippen LogP) is 4.60. The lowest BCUT2D eigenvalue weighted by Crippen LogP contribution is -2.57. The zero-order valence-corrected chi connectivity index (χ0v) is 20.6. The fraction of sp³-hybridized carbons (Fsp3) is 0.778. The molecule has 34 heavy (non-hydrogen) atoms. The predicted molar refractivity (Wildman–Crippen MR) is 128 cm³/mol. The standard InChI is InChI=1S/C27H41F3N2O2/c1-17(15-32-12-11-31-25(16-32)27(28,29)30)22-8-9-23-19(5-4-10-26(22,23)3)6-7-20-13-21(33)14-24(34)18(20)2/h6-7,17,21-25,31,33-34H,2,4-5,8-16H2,1,3H3/b19-6+,20-7-/t17-,21-,22-,23+,24+,25?,26-/m1/s1. The van der Waals surface area contributed by atoms with Crippen molar-refractivity contribution in [3.05, 3.63) is 35.5 Å². The summed E-state index contributed by atoms with van der Waals surface area (Å²) in [5.41, 5.74) is 3.26. The summed E-state index contributed by atoms with van der Waals surface area (Å²) in [4.78, 5) is 2.01. The van der Waals surface area contributed by atoms with Crippen molar-refractivity contribution < 1.29 is 23.4 Å². The van der Waals surface area contributed by atoms with Gasteiger partial charge in [-0.05, 0) is 72.8 Å². The molecule has 3 aliphatic carbocycles. The summed E-state index contributed by atoms with van der Waals surface area (Å²) in [6, 6.07) is -1.43. The molecule has 4 fully saturated rings. The summed E-state index contributed by atoms with van der Waals surface area (Å²) in [6.07, 6.45) is 5.35. The summed E-state index contributed by atoms with van der Waals surface area (Å²) in [7, 11) is 0. The van der Waals surface area contributed by atoms with Gasteiger partial charge in [0.2, 0.25) is 0 Å². The van der Waals surface area contributed by atoms with E-state index in [0.717, 1.165) is 44.2 Å². The molecule has 192 valence electrons. The van der Waals surface area contributed by atoms with Gasteiger partial charge < -0.3 is 15.5 Å². The van der Waals surface area contributed by atoms with E-state index in [1.54, 1.807) is 0 Å². The van der Waals surface area contributed by atoms with Crippen molar-refractivity contribution in [2.75, 3.05) is 26.2 Å². The molecule has 0 amide bonds. The van der Waals surface area contributed by atoms with Crippen LogP contribution >= 0.6 is 0 Å². The highest BCUT2D eigenvalue weighted by Crippen LogP contribution is 2.59. The number of rotatable bonds is 4. The SMILES string of the molecule is C=C1/C(=C\C=C2/CCC[C@]3(C)[C@@H]([C@H](C)CN4CCNC(C(F)(F)F)C4)CC[C@@H]23)C[C@@H](O)C[C@@H]1O. The van der Waals surface area contributed by atoms with Gasteiger partial charge in [-0.15, -0.1) is 0 Å². The van der Waals surface area contributed by atoms with E-state index in [-0.39, 0.29) is 12.0 Å². The van der Waals surface area contributed by atoms with Crippen molar-refractivity contribution in [2.45, 2.75) is 83.2 Å². The van der Waals surface area contributed by atoms with E-state index in [1.165, 1.54) is 5.57 Å². The van der Waals surface area contributed by atoms with E-state index in [1.807, 2.05) is 4.90 Å². The number of halogens is 3. The number of allylic oxidation sites excluding steroid dienone is 3. The first kappa shape index (κ1) is 25.9. The summed E-state index contributed by atoms with van der Waals surface area (Å²) in [6.45, 7) is 10.5. The van der Waals surface area contributed by atoms with Gasteiger partial charge in [-0.3, -0.25) is 4.90 Å². The largest absolute Gasteiger partial charge is 0.405 e. The number of aliphatic hydroxyl groups is 2. The molecule has 0 spiro atoms. The van der Waals surface area contributed by atoms with Crippen LogP contribution in [0.3, 0.4) is 0 Å². The topological polar surface area (TPSA) is 55.7 Å². The van der Waals surface area contributed by atoms with Crippen LogP contribution in [0.15, 0.2) is 35.5 Å². The number of fused-ring (bicyclic) bond motifs is 1. The van der Waals surface area contributed by atoms with E-state index >= 15 is 0 Å². The van der Waals surface area contributed by atoms with Gasteiger partial charge in [0.15, 0.2) is 0 Å². The Bertz CT molecular complexity index is 823. The summed E-state index contributed by atoms with van der Waals surface area (Å²) >= 11 is 0. The molecule has 0 radical (unpaired) electrons. The Labute approximate surface area is 202 Å². The molecule has 0 aromatic rings. The fourth-order valence-corrected chi connectivity index (χ4v) is 7.41. The quantitative estimate of drug-likeness (QED) is 0.548. The fourth-order valence-electron chi connectivity index (χ4n) is 7.41. The van der Waals surface area contributed by atoms with E-state index in [0.29, 0.717) is 49.3 Å². The minimum atomic E-state index is -4.19. The van der Waals surface area contributed by atoms with Crippen LogP contribution in [0.4, 0.5) is 13.2 Å². The highest BCUT2D eigenvalue weighted by atomic mass is 19.4. The number of piperazine rings is 1. The van der Waals surface area contributed by atoms with Gasteiger partial charge in [-0.1, -0.05) is 38.2 Å². The van der Waals surface area contributed by atoms with Gasteiger partial charge in [0.25, 0.3) is 0 Å². The summed E-state index contributed by atoms with van der Waals surface area (Å²) in [5, 5.41) is 22.8. The maximum atomic E-state index is 13.2.